The molecule has 38 heavy (non-hydrogen) atoms. The predicted molar refractivity (Wildman–Crippen MR) is 140 cm³/mol. The first-order valence-electron chi connectivity index (χ1n) is 12.7. The van der Waals surface area contributed by atoms with Crippen LogP contribution in [0.5, 0.6) is 11.6 Å². The first-order valence-corrected chi connectivity index (χ1v) is 12.7. The summed E-state index contributed by atoms with van der Waals surface area (Å²) in [6, 6.07) is 15.2. The van der Waals surface area contributed by atoms with Gasteiger partial charge in [-0.3, -0.25) is 14.2 Å². The Kier molecular flexibility index (Phi) is 7.28. The molecule has 196 valence electrons. The number of hydrogen-bond acceptors (Lipinski definition) is 7. The molecule has 4 aromatic rings. The van der Waals surface area contributed by atoms with Gasteiger partial charge in [0.1, 0.15) is 12.0 Å². The summed E-state index contributed by atoms with van der Waals surface area (Å²) < 4.78 is 6.50. The van der Waals surface area contributed by atoms with Crippen molar-refractivity contribution in [3.05, 3.63) is 83.2 Å². The molecule has 0 atom stereocenters. The van der Waals surface area contributed by atoms with Gasteiger partial charge in [-0.1, -0.05) is 48.7 Å². The standard InChI is InChI=1S/C29H29N3O6/c33-16-15-30-28(36)21-8-6-20(7-9-21)26(34)24-25(19-4-2-1-3-5-19)32(29(37)27(24)35)22-12-10-18(11-13-22)23-14-17-38-31-23/h6-14,17,19,33,35,37H,1-5,15-16H2,(H,30,36). The number of nitrogens with zero attached hydrogens (tertiary/aromatic N) is 2. The first kappa shape index (κ1) is 25.3. The third-order valence-corrected chi connectivity index (χ3v) is 7.04. The molecule has 2 aromatic heterocycles. The zero-order chi connectivity index (χ0) is 26.6. The topological polar surface area (TPSA) is 138 Å². The van der Waals surface area contributed by atoms with Crippen LogP contribution in [-0.4, -0.2) is 49.9 Å². The third-order valence-electron chi connectivity index (χ3n) is 7.04. The number of aliphatic hydroxyl groups is 1. The fourth-order valence-electron chi connectivity index (χ4n) is 5.14. The molecule has 9 heteroatoms. The Morgan fingerprint density at radius 3 is 2.26 bits per heavy atom. The molecular formula is C29H29N3O6. The lowest BCUT2D eigenvalue weighted by Gasteiger charge is -2.25. The van der Waals surface area contributed by atoms with Crippen molar-refractivity contribution >= 4 is 11.7 Å². The van der Waals surface area contributed by atoms with Crippen LogP contribution in [0.15, 0.2) is 65.4 Å². The van der Waals surface area contributed by atoms with Crippen LogP contribution < -0.4 is 5.32 Å². The maximum absolute atomic E-state index is 13.8. The minimum atomic E-state index is -0.457. The monoisotopic (exact) mass is 515 g/mol. The summed E-state index contributed by atoms with van der Waals surface area (Å²) in [5.41, 5.74) is 3.41. The van der Waals surface area contributed by atoms with Crippen LogP contribution in [0.2, 0.25) is 0 Å². The van der Waals surface area contributed by atoms with E-state index in [1.54, 1.807) is 10.6 Å². The van der Waals surface area contributed by atoms with Crippen LogP contribution in [0.4, 0.5) is 0 Å². The number of aliphatic hydroxyl groups excluding tert-OH is 1. The number of aromatic hydroxyl groups is 2. The maximum atomic E-state index is 13.8. The summed E-state index contributed by atoms with van der Waals surface area (Å²) in [7, 11) is 0. The van der Waals surface area contributed by atoms with Crippen molar-refractivity contribution in [3.63, 3.8) is 0 Å². The quantitative estimate of drug-likeness (QED) is 0.253. The average molecular weight is 516 g/mol. The van der Waals surface area contributed by atoms with E-state index in [0.29, 0.717) is 22.6 Å². The number of carbonyl (C=O) groups excluding carboxylic acids is 2. The van der Waals surface area contributed by atoms with E-state index in [0.717, 1.165) is 37.7 Å². The van der Waals surface area contributed by atoms with Crippen molar-refractivity contribution < 1.29 is 29.4 Å². The van der Waals surface area contributed by atoms with Crippen LogP contribution in [-0.2, 0) is 0 Å². The summed E-state index contributed by atoms with van der Waals surface area (Å²) in [6.07, 6.45) is 6.26. The highest BCUT2D eigenvalue weighted by molar-refractivity contribution is 6.12. The molecule has 1 saturated carbocycles. The fourth-order valence-corrected chi connectivity index (χ4v) is 5.14. The van der Waals surface area contributed by atoms with E-state index in [4.69, 9.17) is 9.63 Å². The van der Waals surface area contributed by atoms with Crippen LogP contribution in [0.25, 0.3) is 16.9 Å². The van der Waals surface area contributed by atoms with E-state index < -0.39 is 11.5 Å². The molecule has 5 rings (SSSR count). The van der Waals surface area contributed by atoms with E-state index in [1.165, 1.54) is 30.5 Å². The van der Waals surface area contributed by atoms with Gasteiger partial charge in [0.2, 0.25) is 5.88 Å². The van der Waals surface area contributed by atoms with Gasteiger partial charge in [-0.05, 0) is 37.1 Å². The Balaban J connectivity index is 1.55. The molecule has 1 amide bonds. The molecular weight excluding hydrogens is 486 g/mol. The number of rotatable bonds is 8. The highest BCUT2D eigenvalue weighted by atomic mass is 16.5. The molecule has 0 saturated heterocycles. The van der Waals surface area contributed by atoms with Gasteiger partial charge >= 0.3 is 0 Å². The van der Waals surface area contributed by atoms with Crippen molar-refractivity contribution in [2.75, 3.05) is 13.2 Å². The highest BCUT2D eigenvalue weighted by Crippen LogP contribution is 2.46. The van der Waals surface area contributed by atoms with Gasteiger partial charge in [0.25, 0.3) is 5.91 Å². The number of hydrogen-bond donors (Lipinski definition) is 4. The van der Waals surface area contributed by atoms with E-state index >= 15 is 0 Å². The fraction of sp³-hybridized carbons (Fsp3) is 0.276. The Morgan fingerprint density at radius 2 is 1.63 bits per heavy atom. The molecule has 4 N–H and O–H groups in total. The molecule has 0 spiro atoms. The van der Waals surface area contributed by atoms with Gasteiger partial charge in [0, 0.05) is 46.6 Å². The molecule has 0 unspecified atom stereocenters. The molecule has 2 aromatic carbocycles. The molecule has 2 heterocycles. The normalized spacial score (nSPS) is 13.9. The van der Waals surface area contributed by atoms with Gasteiger partial charge < -0.3 is 25.2 Å². The maximum Gasteiger partial charge on any atom is 0.251 e. The highest BCUT2D eigenvalue weighted by Gasteiger charge is 2.33. The van der Waals surface area contributed by atoms with Crippen LogP contribution in [0.3, 0.4) is 0 Å². The summed E-state index contributed by atoms with van der Waals surface area (Å²) in [4.78, 5) is 25.9. The second-order valence-corrected chi connectivity index (χ2v) is 9.42. The first-order chi connectivity index (χ1) is 18.5. The van der Waals surface area contributed by atoms with Crippen molar-refractivity contribution in [1.29, 1.82) is 0 Å². The van der Waals surface area contributed by atoms with Crippen molar-refractivity contribution in [2.45, 2.75) is 38.0 Å². The number of amides is 1. The van der Waals surface area contributed by atoms with Gasteiger partial charge in [-0.2, -0.15) is 0 Å². The zero-order valence-electron chi connectivity index (χ0n) is 20.8. The third kappa shape index (κ3) is 4.80. The van der Waals surface area contributed by atoms with Crippen LogP contribution in [0.1, 0.15) is 70.0 Å². The minimum absolute atomic E-state index is 0.0201. The van der Waals surface area contributed by atoms with E-state index in [9.17, 15) is 19.8 Å². The molecule has 1 fully saturated rings. The SMILES string of the molecule is O=C(NCCO)c1ccc(C(=O)c2c(O)c(O)n(-c3ccc(-c4ccon4)cc3)c2C2CCCCC2)cc1. The van der Waals surface area contributed by atoms with Crippen molar-refractivity contribution in [3.8, 4) is 28.6 Å². The summed E-state index contributed by atoms with van der Waals surface area (Å²) in [6.45, 7) is -0.0422. The Labute approximate surface area is 219 Å². The van der Waals surface area contributed by atoms with Crippen LogP contribution in [0, 0.1) is 0 Å². The Morgan fingerprint density at radius 1 is 0.947 bits per heavy atom. The smallest absolute Gasteiger partial charge is 0.251 e. The predicted octanol–water partition coefficient (Wildman–Crippen LogP) is 4.54. The number of aromatic nitrogens is 2. The molecule has 0 bridgehead atoms. The van der Waals surface area contributed by atoms with Crippen molar-refractivity contribution in [1.82, 2.24) is 15.0 Å². The summed E-state index contributed by atoms with van der Waals surface area (Å²) >= 11 is 0. The number of nitrogens with one attached hydrogen (secondary N) is 1. The van der Waals surface area contributed by atoms with Crippen LogP contribution >= 0.6 is 0 Å². The van der Waals surface area contributed by atoms with Gasteiger partial charge in [-0.15, -0.1) is 0 Å². The molecule has 0 radical (unpaired) electrons. The minimum Gasteiger partial charge on any atom is -0.503 e. The van der Waals surface area contributed by atoms with Gasteiger partial charge in [0.15, 0.2) is 11.5 Å². The lowest BCUT2D eigenvalue weighted by molar-refractivity contribution is 0.0943. The summed E-state index contributed by atoms with van der Waals surface area (Å²) in [5.74, 6) is -1.66. The average Bonchev–Trinajstić information content (AvgIpc) is 3.59. The summed E-state index contributed by atoms with van der Waals surface area (Å²) in [5, 5.41) is 37.6. The number of carbonyl (C=O) groups is 2. The lowest BCUT2D eigenvalue weighted by atomic mass is 9.84. The molecule has 1 aliphatic rings. The second kappa shape index (κ2) is 10.9. The zero-order valence-corrected chi connectivity index (χ0v) is 20.8. The molecule has 1 aliphatic carbocycles. The Bertz CT molecular complexity index is 1420. The van der Waals surface area contributed by atoms with E-state index in [2.05, 4.69) is 10.5 Å². The van der Waals surface area contributed by atoms with Gasteiger partial charge in [0.05, 0.1) is 12.2 Å². The number of ketones is 1. The largest absolute Gasteiger partial charge is 0.503 e. The lowest BCUT2D eigenvalue weighted by Crippen LogP contribution is -2.26. The van der Waals surface area contributed by atoms with Gasteiger partial charge in [-0.25, -0.2) is 0 Å². The van der Waals surface area contributed by atoms with Crippen molar-refractivity contribution in [2.24, 2.45) is 0 Å². The second-order valence-electron chi connectivity index (χ2n) is 9.42. The van der Waals surface area contributed by atoms with E-state index in [-0.39, 0.29) is 42.0 Å². The molecule has 9 nitrogen and oxygen atoms in total. The number of benzene rings is 2. The Hall–Kier alpha value is -4.37. The molecule has 0 aliphatic heterocycles. The van der Waals surface area contributed by atoms with E-state index in [1.807, 2.05) is 24.3 Å².